The molecule has 0 amide bonds. The van der Waals surface area contributed by atoms with Gasteiger partial charge in [0.15, 0.2) is 0 Å². The van der Waals surface area contributed by atoms with Gasteiger partial charge in [-0.25, -0.2) is 23.2 Å². The van der Waals surface area contributed by atoms with Gasteiger partial charge in [0, 0.05) is 42.9 Å². The van der Waals surface area contributed by atoms with Crippen molar-refractivity contribution < 1.29 is 37.3 Å². The van der Waals surface area contributed by atoms with Gasteiger partial charge in [-0.3, -0.25) is 4.98 Å². The molecule has 10 nitrogen and oxygen atoms in total. The fourth-order valence-corrected chi connectivity index (χ4v) is 4.99. The molecule has 4 N–H and O–H groups in total. The zero-order chi connectivity index (χ0) is 33.9. The summed E-state index contributed by atoms with van der Waals surface area (Å²) in [4.78, 5) is 37.1. The number of nitrogens with one attached hydrogen (secondary N) is 1. The number of halogens is 2. The van der Waals surface area contributed by atoms with E-state index in [2.05, 4.69) is 9.40 Å². The van der Waals surface area contributed by atoms with E-state index in [4.69, 9.17) is 19.9 Å². The van der Waals surface area contributed by atoms with E-state index in [1.54, 1.807) is 42.5 Å². The number of nitrogen functional groups attached to an aromatic ring is 1. The van der Waals surface area contributed by atoms with E-state index in [-0.39, 0.29) is 28.3 Å². The molecule has 0 saturated carbocycles. The zero-order valence-corrected chi connectivity index (χ0v) is 25.8. The van der Waals surface area contributed by atoms with Crippen molar-refractivity contribution in [3.05, 3.63) is 133 Å². The molecule has 1 aromatic heterocycles. The van der Waals surface area contributed by atoms with Crippen LogP contribution in [0.3, 0.4) is 0 Å². The normalized spacial score (nSPS) is 12.0. The second-order valence-corrected chi connectivity index (χ2v) is 10.4. The van der Waals surface area contributed by atoms with Crippen molar-refractivity contribution in [3.63, 3.8) is 0 Å². The van der Waals surface area contributed by atoms with Gasteiger partial charge in [0.25, 0.3) is 0 Å². The highest BCUT2D eigenvalue weighted by Gasteiger charge is 2.19. The van der Waals surface area contributed by atoms with Crippen LogP contribution < -0.4 is 26.6 Å². The number of aromatic nitrogens is 1. The number of nitrogens with two attached hydrogens (primary N) is 1. The lowest BCUT2D eigenvalue weighted by atomic mass is 9.97. The summed E-state index contributed by atoms with van der Waals surface area (Å²) in [6.07, 6.45) is 3.20. The predicted molar refractivity (Wildman–Crippen MR) is 172 cm³/mol. The van der Waals surface area contributed by atoms with Gasteiger partial charge in [-0.2, -0.15) is 0 Å². The summed E-state index contributed by atoms with van der Waals surface area (Å²) in [5.41, 5.74) is 8.21. The largest absolute Gasteiger partial charge is 0.496 e. The summed E-state index contributed by atoms with van der Waals surface area (Å²) >= 11 is 0. The number of fused-ring (bicyclic) bond motifs is 1. The molecule has 0 atom stereocenters. The Balaban J connectivity index is 0.000000186. The van der Waals surface area contributed by atoms with E-state index in [1.165, 1.54) is 57.4 Å². The maximum absolute atomic E-state index is 13.0. The lowest BCUT2D eigenvalue weighted by Crippen LogP contribution is -2.16. The average Bonchev–Trinajstić information content (AvgIpc) is 3.64. The number of carbonyl (C=O) groups is 1. The first-order valence-electron chi connectivity index (χ1n) is 14.6. The number of aromatic amines is 1. The molecular formula is C35H34F2N2O8. The number of benzene rings is 4. The fourth-order valence-electron chi connectivity index (χ4n) is 4.99. The van der Waals surface area contributed by atoms with Crippen LogP contribution in [-0.4, -0.2) is 43.5 Å². The Morgan fingerprint density at radius 1 is 0.809 bits per heavy atom. The number of hydrogen-bond donors (Lipinski definition) is 3. The number of methoxy groups -OCH3 is 2. The Morgan fingerprint density at radius 3 is 1.81 bits per heavy atom. The number of hydrogen-bond acceptors (Lipinski definition) is 8. The highest BCUT2D eigenvalue weighted by molar-refractivity contribution is 5.96. The molecule has 1 aliphatic heterocycles. The second kappa shape index (κ2) is 16.2. The van der Waals surface area contributed by atoms with Crippen molar-refractivity contribution >= 4 is 22.6 Å². The zero-order valence-electron chi connectivity index (χ0n) is 25.8. The average molecular weight is 649 g/mol. The highest BCUT2D eigenvalue weighted by Crippen LogP contribution is 2.30. The Kier molecular flexibility index (Phi) is 11.8. The van der Waals surface area contributed by atoms with E-state index in [9.17, 15) is 28.3 Å². The maximum atomic E-state index is 13.0. The van der Waals surface area contributed by atoms with Gasteiger partial charge < -0.3 is 29.5 Å². The third-order valence-corrected chi connectivity index (χ3v) is 7.27. The molecule has 0 bridgehead atoms. The molecule has 5 aromatic rings. The first-order valence-corrected chi connectivity index (χ1v) is 14.6. The van der Waals surface area contributed by atoms with E-state index < -0.39 is 17.4 Å². The summed E-state index contributed by atoms with van der Waals surface area (Å²) in [5.74, 6) is -1.66. The molecule has 246 valence electrons. The Hall–Kier alpha value is -5.49. The Bertz CT molecular complexity index is 1930. The van der Waals surface area contributed by atoms with Crippen LogP contribution in [-0.2, 0) is 17.6 Å². The summed E-state index contributed by atoms with van der Waals surface area (Å²) in [7, 11) is 2.95. The van der Waals surface area contributed by atoms with Crippen LogP contribution >= 0.6 is 0 Å². The minimum absolute atomic E-state index is 0.0219. The van der Waals surface area contributed by atoms with Gasteiger partial charge in [-0.1, -0.05) is 24.3 Å². The monoisotopic (exact) mass is 648 g/mol. The van der Waals surface area contributed by atoms with Gasteiger partial charge in [-0.05, 0) is 72.5 Å². The quantitative estimate of drug-likeness (QED) is 0.188. The SMILES string of the molecule is C1CCOC1.COc1ccc(N)c(C(=O)O)c1Cc1ccc(F)cc1.COc1ccc2[nH]c(=O)oc(=O)c2c1Cc1ccc(F)cc1. The minimum atomic E-state index is -1.11. The molecule has 0 radical (unpaired) electrons. The number of rotatable bonds is 7. The topological polar surface area (TPSA) is 154 Å². The van der Waals surface area contributed by atoms with Crippen molar-refractivity contribution in [3.8, 4) is 11.5 Å². The molecule has 6 rings (SSSR count). The number of anilines is 1. The first-order chi connectivity index (χ1) is 22.6. The van der Waals surface area contributed by atoms with E-state index in [0.717, 1.165) is 24.3 Å². The molecule has 1 aliphatic rings. The number of ether oxygens (including phenoxy) is 3. The van der Waals surface area contributed by atoms with Crippen molar-refractivity contribution in [2.45, 2.75) is 25.7 Å². The number of H-pyrrole nitrogens is 1. The number of aromatic carboxylic acids is 1. The number of carboxylic acids is 1. The molecule has 47 heavy (non-hydrogen) atoms. The van der Waals surface area contributed by atoms with Crippen LogP contribution in [0.25, 0.3) is 10.9 Å². The smallest absolute Gasteiger partial charge is 0.419 e. The molecule has 2 heterocycles. The van der Waals surface area contributed by atoms with Gasteiger partial charge in [0.2, 0.25) is 0 Å². The van der Waals surface area contributed by atoms with E-state index in [0.29, 0.717) is 41.0 Å². The Morgan fingerprint density at radius 2 is 1.32 bits per heavy atom. The highest BCUT2D eigenvalue weighted by atomic mass is 19.1. The molecular weight excluding hydrogens is 614 g/mol. The first kappa shape index (κ1) is 34.4. The summed E-state index contributed by atoms with van der Waals surface area (Å²) < 4.78 is 45.9. The molecule has 12 heteroatoms. The van der Waals surface area contributed by atoms with Crippen LogP contribution in [0.2, 0.25) is 0 Å². The lowest BCUT2D eigenvalue weighted by Gasteiger charge is -2.13. The standard InChI is InChI=1S/C16H12FNO4.C15H14FNO3.C4H8O/c1-21-13-7-6-12-14(15(19)22-16(20)18-12)11(13)8-9-2-4-10(17)5-3-9;1-20-13-7-6-12(17)14(15(18)19)11(13)8-9-2-4-10(16)5-3-9;1-2-4-5-3-1/h2-7H,8H2,1H3,(H,18,20);2-7H,8,17H2,1H3,(H,18,19);1-4H2. The van der Waals surface area contributed by atoms with E-state index in [1.807, 2.05) is 0 Å². The molecule has 0 spiro atoms. The van der Waals surface area contributed by atoms with Crippen molar-refractivity contribution in [1.29, 1.82) is 0 Å². The second-order valence-electron chi connectivity index (χ2n) is 10.4. The lowest BCUT2D eigenvalue weighted by molar-refractivity contribution is 0.0696. The third kappa shape index (κ3) is 9.04. The summed E-state index contributed by atoms with van der Waals surface area (Å²) in [6, 6.07) is 18.2. The van der Waals surface area contributed by atoms with Gasteiger partial charge in [0.1, 0.15) is 23.1 Å². The molecule has 0 aliphatic carbocycles. The van der Waals surface area contributed by atoms with Gasteiger partial charge in [0.05, 0.1) is 30.7 Å². The Labute approximate surface area is 268 Å². The van der Waals surface area contributed by atoms with Gasteiger partial charge >= 0.3 is 17.4 Å². The molecule has 1 fully saturated rings. The maximum Gasteiger partial charge on any atom is 0.419 e. The van der Waals surface area contributed by atoms with Crippen LogP contribution in [0.15, 0.2) is 86.8 Å². The van der Waals surface area contributed by atoms with Crippen LogP contribution in [0.5, 0.6) is 11.5 Å². The number of carboxylic acid groups (broad SMARTS) is 1. The molecule has 4 aromatic carbocycles. The van der Waals surface area contributed by atoms with Gasteiger partial charge in [-0.15, -0.1) is 0 Å². The van der Waals surface area contributed by atoms with Crippen molar-refractivity contribution in [1.82, 2.24) is 4.98 Å². The summed E-state index contributed by atoms with van der Waals surface area (Å²) in [6.45, 7) is 2.00. The predicted octanol–water partition coefficient (Wildman–Crippen LogP) is 5.72. The summed E-state index contributed by atoms with van der Waals surface area (Å²) in [5, 5.41) is 9.55. The van der Waals surface area contributed by atoms with Crippen LogP contribution in [0.4, 0.5) is 14.5 Å². The molecule has 0 unspecified atom stereocenters. The van der Waals surface area contributed by atoms with Crippen LogP contribution in [0, 0.1) is 11.6 Å². The molecule has 1 saturated heterocycles. The third-order valence-electron chi connectivity index (χ3n) is 7.27. The van der Waals surface area contributed by atoms with Crippen molar-refractivity contribution in [2.24, 2.45) is 0 Å². The minimum Gasteiger partial charge on any atom is -0.496 e. The van der Waals surface area contributed by atoms with Crippen molar-refractivity contribution in [2.75, 3.05) is 33.2 Å². The fraction of sp³-hybridized carbons (Fsp3) is 0.229. The van der Waals surface area contributed by atoms with Crippen LogP contribution in [0.1, 0.15) is 45.5 Å². The van der Waals surface area contributed by atoms with E-state index >= 15 is 0 Å².